The van der Waals surface area contributed by atoms with Crippen molar-refractivity contribution in [1.29, 1.82) is 0 Å². The molecule has 5 nitrogen and oxygen atoms in total. The van der Waals surface area contributed by atoms with Crippen LogP contribution < -0.4 is 0 Å². The lowest BCUT2D eigenvalue weighted by Crippen LogP contribution is -2.06. The molecule has 0 saturated heterocycles. The van der Waals surface area contributed by atoms with Crippen molar-refractivity contribution in [1.82, 2.24) is 24.7 Å². The summed E-state index contributed by atoms with van der Waals surface area (Å²) in [5.41, 5.74) is 2.64. The van der Waals surface area contributed by atoms with E-state index in [0.717, 1.165) is 22.1 Å². The molecule has 0 fully saturated rings. The van der Waals surface area contributed by atoms with Gasteiger partial charge in [-0.25, -0.2) is 9.97 Å². The number of halogens is 2. The third-order valence-electron chi connectivity index (χ3n) is 3.50. The Morgan fingerprint density at radius 2 is 1.68 bits per heavy atom. The zero-order chi connectivity index (χ0) is 18.1. The first-order valence-corrected chi connectivity index (χ1v) is 9.33. The van der Waals surface area contributed by atoms with Gasteiger partial charge in [0.15, 0.2) is 16.1 Å². The molecule has 0 amide bonds. The van der Waals surface area contributed by atoms with Crippen LogP contribution >= 0.6 is 35.0 Å². The number of hydrogen-bond acceptors (Lipinski definition) is 5. The molecular weight excluding hydrogens is 377 g/mol. The lowest BCUT2D eigenvalue weighted by atomic mass is 10.2. The van der Waals surface area contributed by atoms with E-state index in [2.05, 4.69) is 34.0 Å². The number of rotatable bonds is 4. The molecule has 2 heterocycles. The summed E-state index contributed by atoms with van der Waals surface area (Å²) in [6, 6.07) is 7.44. The second kappa shape index (κ2) is 7.32. The highest BCUT2D eigenvalue weighted by Gasteiger charge is 2.20. The fourth-order valence-corrected chi connectivity index (χ4v) is 4.00. The summed E-state index contributed by atoms with van der Waals surface area (Å²) in [4.78, 5) is 8.94. The van der Waals surface area contributed by atoms with E-state index in [0.29, 0.717) is 21.0 Å². The van der Waals surface area contributed by atoms with Gasteiger partial charge in [-0.15, -0.1) is 10.2 Å². The van der Waals surface area contributed by atoms with Gasteiger partial charge in [0.25, 0.3) is 0 Å². The van der Waals surface area contributed by atoms with Crippen LogP contribution in [0, 0.1) is 13.8 Å². The molecule has 0 saturated carbocycles. The van der Waals surface area contributed by atoms with E-state index in [9.17, 15) is 0 Å². The van der Waals surface area contributed by atoms with Crippen molar-refractivity contribution in [2.45, 2.75) is 44.0 Å². The molecule has 0 spiro atoms. The summed E-state index contributed by atoms with van der Waals surface area (Å²) in [6.45, 7) is 8.04. The smallest absolute Gasteiger partial charge is 0.199 e. The van der Waals surface area contributed by atoms with Gasteiger partial charge < -0.3 is 0 Å². The number of benzene rings is 1. The Hall–Kier alpha value is -1.63. The van der Waals surface area contributed by atoms with E-state index in [1.807, 2.05) is 30.5 Å². The summed E-state index contributed by atoms with van der Waals surface area (Å²) >= 11 is 13.7. The van der Waals surface area contributed by atoms with Crippen LogP contribution in [0.1, 0.15) is 31.3 Å². The van der Waals surface area contributed by atoms with Gasteiger partial charge in [-0.1, -0.05) is 23.2 Å². The minimum Gasteiger partial charge on any atom is -0.299 e. The van der Waals surface area contributed by atoms with Crippen LogP contribution in [0.3, 0.4) is 0 Å². The predicted molar refractivity (Wildman–Crippen MR) is 101 cm³/mol. The van der Waals surface area contributed by atoms with Gasteiger partial charge in [0.2, 0.25) is 0 Å². The normalized spacial score (nSPS) is 11.3. The van der Waals surface area contributed by atoms with Crippen molar-refractivity contribution in [2.24, 2.45) is 0 Å². The van der Waals surface area contributed by atoms with Crippen molar-refractivity contribution >= 4 is 35.0 Å². The van der Waals surface area contributed by atoms with Gasteiger partial charge in [-0.2, -0.15) is 0 Å². The topological polar surface area (TPSA) is 56.5 Å². The van der Waals surface area contributed by atoms with E-state index in [-0.39, 0.29) is 6.04 Å². The Bertz CT molecular complexity index is 903. The molecule has 8 heteroatoms. The van der Waals surface area contributed by atoms with Crippen LogP contribution in [-0.2, 0) is 0 Å². The highest BCUT2D eigenvalue weighted by atomic mass is 35.5. The first-order valence-electron chi connectivity index (χ1n) is 7.75. The Labute approximate surface area is 160 Å². The van der Waals surface area contributed by atoms with Crippen molar-refractivity contribution in [3.05, 3.63) is 45.7 Å². The summed E-state index contributed by atoms with van der Waals surface area (Å²) in [5.74, 6) is 0.698. The minimum absolute atomic E-state index is 0.144. The van der Waals surface area contributed by atoms with Crippen molar-refractivity contribution < 1.29 is 0 Å². The van der Waals surface area contributed by atoms with Gasteiger partial charge in [-0.3, -0.25) is 4.57 Å². The average Bonchev–Trinajstić information content (AvgIpc) is 2.89. The number of nitrogens with zero attached hydrogens (tertiary/aromatic N) is 5. The largest absolute Gasteiger partial charge is 0.299 e. The molecule has 25 heavy (non-hydrogen) atoms. The highest BCUT2D eigenvalue weighted by molar-refractivity contribution is 7.99. The van der Waals surface area contributed by atoms with E-state index in [4.69, 9.17) is 23.2 Å². The zero-order valence-electron chi connectivity index (χ0n) is 14.3. The van der Waals surface area contributed by atoms with Crippen LogP contribution in [0.5, 0.6) is 0 Å². The molecule has 0 aliphatic rings. The maximum absolute atomic E-state index is 6.35. The molecule has 0 atom stereocenters. The average molecular weight is 394 g/mol. The van der Waals surface area contributed by atoms with Gasteiger partial charge in [-0.05, 0) is 63.7 Å². The summed E-state index contributed by atoms with van der Waals surface area (Å²) in [7, 11) is 0. The molecule has 0 aliphatic heterocycles. The molecule has 0 bridgehead atoms. The fraction of sp³-hybridized carbons (Fsp3) is 0.294. The second-order valence-electron chi connectivity index (χ2n) is 5.93. The van der Waals surface area contributed by atoms with E-state index < -0.39 is 0 Å². The molecule has 0 radical (unpaired) electrons. The Morgan fingerprint density at radius 3 is 2.28 bits per heavy atom. The van der Waals surface area contributed by atoms with Gasteiger partial charge >= 0.3 is 0 Å². The monoisotopic (exact) mass is 393 g/mol. The lowest BCUT2D eigenvalue weighted by molar-refractivity contribution is 0.554. The summed E-state index contributed by atoms with van der Waals surface area (Å²) in [6.07, 6.45) is 0. The SMILES string of the molecule is Cc1cc(C)nc(Sc2nnc(-c3ccc(Cl)cc3Cl)n2C(C)C)n1. The maximum atomic E-state index is 6.35. The van der Waals surface area contributed by atoms with Gasteiger partial charge in [0, 0.05) is 28.0 Å². The van der Waals surface area contributed by atoms with Crippen LogP contribution in [0.25, 0.3) is 11.4 Å². The predicted octanol–water partition coefficient (Wildman–Crippen LogP) is 5.39. The van der Waals surface area contributed by atoms with E-state index >= 15 is 0 Å². The summed E-state index contributed by atoms with van der Waals surface area (Å²) < 4.78 is 2.03. The Morgan fingerprint density at radius 1 is 1.00 bits per heavy atom. The molecule has 2 aromatic heterocycles. The van der Waals surface area contributed by atoms with Crippen LogP contribution in [0.2, 0.25) is 10.0 Å². The van der Waals surface area contributed by atoms with Crippen molar-refractivity contribution in [2.75, 3.05) is 0 Å². The number of aromatic nitrogens is 5. The summed E-state index contributed by atoms with van der Waals surface area (Å²) in [5, 5.41) is 11.2. The standard InChI is InChI=1S/C17H17Cl2N5S/c1-9(2)24-15(13-6-5-12(18)8-14(13)19)22-23-17(24)25-16-20-10(3)7-11(4)21-16/h5-9H,1-4H3. The molecular formula is C17H17Cl2N5S. The Kier molecular flexibility index (Phi) is 5.32. The molecule has 3 rings (SSSR count). The third kappa shape index (κ3) is 3.97. The number of aryl methyl sites for hydroxylation is 2. The highest BCUT2D eigenvalue weighted by Crippen LogP contribution is 2.34. The third-order valence-corrected chi connectivity index (χ3v) is 4.87. The molecule has 1 aromatic carbocycles. The van der Waals surface area contributed by atoms with Crippen LogP contribution in [-0.4, -0.2) is 24.7 Å². The molecule has 0 unspecified atom stereocenters. The van der Waals surface area contributed by atoms with Crippen LogP contribution in [0.4, 0.5) is 0 Å². The maximum Gasteiger partial charge on any atom is 0.199 e. The quantitative estimate of drug-likeness (QED) is 0.556. The zero-order valence-corrected chi connectivity index (χ0v) is 16.6. The van der Waals surface area contributed by atoms with Crippen LogP contribution in [0.15, 0.2) is 34.6 Å². The minimum atomic E-state index is 0.144. The van der Waals surface area contributed by atoms with Gasteiger partial charge in [0.05, 0.1) is 5.02 Å². The fourth-order valence-electron chi connectivity index (χ4n) is 2.49. The first-order chi connectivity index (χ1) is 11.8. The number of hydrogen-bond donors (Lipinski definition) is 0. The molecule has 3 aromatic rings. The molecule has 130 valence electrons. The van der Waals surface area contributed by atoms with E-state index in [1.165, 1.54) is 11.8 Å². The van der Waals surface area contributed by atoms with Crippen molar-refractivity contribution in [3.63, 3.8) is 0 Å². The molecule has 0 aliphatic carbocycles. The van der Waals surface area contributed by atoms with Gasteiger partial charge in [0.1, 0.15) is 0 Å². The lowest BCUT2D eigenvalue weighted by Gasteiger charge is -2.14. The second-order valence-corrected chi connectivity index (χ2v) is 7.71. The Balaban J connectivity index is 2.05. The molecule has 0 N–H and O–H groups in total. The first kappa shape index (κ1) is 18.2. The van der Waals surface area contributed by atoms with Crippen molar-refractivity contribution in [3.8, 4) is 11.4 Å². The van der Waals surface area contributed by atoms with E-state index in [1.54, 1.807) is 12.1 Å².